The third kappa shape index (κ3) is 4.58. The molecule has 1 amide bonds. The van der Waals surface area contributed by atoms with E-state index in [1.165, 1.54) is 0 Å². The molecule has 8 heteroatoms. The standard InChI is InChI=1S/C21H35BN4O3/c1-15(2)26(14-18-10-8-9-11-25(18)16(3)27)19-23-12-17(13-24-19)22-28-20(4,5)21(6,7)29-22/h12-13,15,18H,8-11,14H2,1-7H3. The van der Waals surface area contributed by atoms with Crippen molar-refractivity contribution in [3.63, 3.8) is 0 Å². The van der Waals surface area contributed by atoms with Crippen LogP contribution in [0.15, 0.2) is 12.4 Å². The number of anilines is 1. The molecule has 0 aliphatic carbocycles. The first kappa shape index (κ1) is 22.0. The van der Waals surface area contributed by atoms with Gasteiger partial charge in [-0.05, 0) is 60.8 Å². The van der Waals surface area contributed by atoms with Crippen LogP contribution in [0.2, 0.25) is 0 Å². The van der Waals surface area contributed by atoms with Crippen molar-refractivity contribution < 1.29 is 14.1 Å². The van der Waals surface area contributed by atoms with Crippen molar-refractivity contribution in [3.05, 3.63) is 12.4 Å². The van der Waals surface area contributed by atoms with Gasteiger partial charge >= 0.3 is 7.12 Å². The maximum atomic E-state index is 12.0. The molecular weight excluding hydrogens is 367 g/mol. The fraction of sp³-hybridized carbons (Fsp3) is 0.762. The van der Waals surface area contributed by atoms with Gasteiger partial charge in [0, 0.05) is 50.0 Å². The van der Waals surface area contributed by atoms with Crippen LogP contribution in [0.4, 0.5) is 5.95 Å². The van der Waals surface area contributed by atoms with E-state index in [-0.39, 0.29) is 18.0 Å². The maximum Gasteiger partial charge on any atom is 0.498 e. The average Bonchev–Trinajstić information content (AvgIpc) is 2.87. The Kier molecular flexibility index (Phi) is 6.25. The van der Waals surface area contributed by atoms with Crippen molar-refractivity contribution in [2.45, 2.75) is 91.0 Å². The van der Waals surface area contributed by atoms with E-state index in [0.717, 1.165) is 37.8 Å². The first-order valence-electron chi connectivity index (χ1n) is 10.7. The van der Waals surface area contributed by atoms with Gasteiger partial charge in [0.15, 0.2) is 0 Å². The number of piperidine rings is 1. The zero-order valence-corrected chi connectivity index (χ0v) is 18.9. The monoisotopic (exact) mass is 402 g/mol. The minimum absolute atomic E-state index is 0.149. The van der Waals surface area contributed by atoms with Crippen molar-refractivity contribution >= 4 is 24.4 Å². The summed E-state index contributed by atoms with van der Waals surface area (Å²) in [5, 5.41) is 0. The third-order valence-corrected chi connectivity index (χ3v) is 6.50. The summed E-state index contributed by atoms with van der Waals surface area (Å²) in [5.74, 6) is 0.824. The Balaban J connectivity index is 1.75. The van der Waals surface area contributed by atoms with Crippen molar-refractivity contribution in [3.8, 4) is 0 Å². The normalized spacial score (nSPS) is 23.5. The summed E-state index contributed by atoms with van der Waals surface area (Å²) >= 11 is 0. The fourth-order valence-electron chi connectivity index (χ4n) is 3.94. The largest absolute Gasteiger partial charge is 0.498 e. The van der Waals surface area contributed by atoms with Crippen LogP contribution in [0.1, 0.15) is 67.7 Å². The highest BCUT2D eigenvalue weighted by molar-refractivity contribution is 6.61. The van der Waals surface area contributed by atoms with E-state index < -0.39 is 18.3 Å². The highest BCUT2D eigenvalue weighted by Gasteiger charge is 2.52. The Morgan fingerprint density at radius 2 is 1.79 bits per heavy atom. The topological polar surface area (TPSA) is 67.8 Å². The number of amides is 1. The van der Waals surface area contributed by atoms with Crippen LogP contribution in [-0.4, -0.2) is 64.3 Å². The molecule has 0 bridgehead atoms. The number of aromatic nitrogens is 2. The molecular formula is C21H35BN4O3. The van der Waals surface area contributed by atoms with Gasteiger partial charge in [-0.15, -0.1) is 0 Å². The minimum atomic E-state index is -0.465. The summed E-state index contributed by atoms with van der Waals surface area (Å²) in [7, 11) is -0.465. The van der Waals surface area contributed by atoms with E-state index >= 15 is 0 Å². The predicted octanol–water partition coefficient (Wildman–Crippen LogP) is 2.39. The summed E-state index contributed by atoms with van der Waals surface area (Å²) < 4.78 is 12.2. The van der Waals surface area contributed by atoms with Gasteiger partial charge in [-0.25, -0.2) is 9.97 Å². The van der Waals surface area contributed by atoms with Crippen LogP contribution in [0, 0.1) is 0 Å². The highest BCUT2D eigenvalue weighted by Crippen LogP contribution is 2.36. The molecule has 0 radical (unpaired) electrons. The lowest BCUT2D eigenvalue weighted by Crippen LogP contribution is -2.50. The lowest BCUT2D eigenvalue weighted by atomic mass is 9.81. The molecule has 1 atom stereocenters. The summed E-state index contributed by atoms with van der Waals surface area (Å²) in [6.07, 6.45) is 6.85. The first-order chi connectivity index (χ1) is 13.5. The average molecular weight is 402 g/mol. The second-order valence-corrected chi connectivity index (χ2v) is 9.51. The number of nitrogens with zero attached hydrogens (tertiary/aromatic N) is 4. The number of rotatable bonds is 5. The molecule has 2 aliphatic rings. The molecule has 1 aromatic rings. The second-order valence-electron chi connectivity index (χ2n) is 9.51. The summed E-state index contributed by atoms with van der Waals surface area (Å²) in [6.45, 7) is 15.6. The molecule has 2 saturated heterocycles. The second kappa shape index (κ2) is 8.22. The van der Waals surface area contributed by atoms with E-state index in [2.05, 4.69) is 28.7 Å². The lowest BCUT2D eigenvalue weighted by Gasteiger charge is -2.39. The van der Waals surface area contributed by atoms with Crippen LogP contribution >= 0.6 is 0 Å². The van der Waals surface area contributed by atoms with Gasteiger partial charge in [0.2, 0.25) is 11.9 Å². The van der Waals surface area contributed by atoms with Crippen molar-refractivity contribution in [1.29, 1.82) is 0 Å². The fourth-order valence-corrected chi connectivity index (χ4v) is 3.94. The molecule has 7 nitrogen and oxygen atoms in total. The van der Waals surface area contributed by atoms with Gasteiger partial charge in [-0.1, -0.05) is 0 Å². The highest BCUT2D eigenvalue weighted by atomic mass is 16.7. The van der Waals surface area contributed by atoms with E-state index in [4.69, 9.17) is 9.31 Å². The van der Waals surface area contributed by atoms with Crippen LogP contribution in [0.5, 0.6) is 0 Å². The lowest BCUT2D eigenvalue weighted by molar-refractivity contribution is -0.132. The summed E-state index contributed by atoms with van der Waals surface area (Å²) in [6, 6.07) is 0.434. The van der Waals surface area contributed by atoms with Gasteiger partial charge in [0.25, 0.3) is 0 Å². The van der Waals surface area contributed by atoms with E-state index in [1.807, 2.05) is 32.6 Å². The zero-order valence-electron chi connectivity index (χ0n) is 18.9. The van der Waals surface area contributed by atoms with Crippen molar-refractivity contribution in [2.75, 3.05) is 18.0 Å². The predicted molar refractivity (Wildman–Crippen MR) is 115 cm³/mol. The van der Waals surface area contributed by atoms with Crippen LogP contribution in [0.3, 0.4) is 0 Å². The number of hydrogen-bond acceptors (Lipinski definition) is 6. The van der Waals surface area contributed by atoms with Gasteiger partial charge in [-0.3, -0.25) is 4.79 Å². The van der Waals surface area contributed by atoms with Gasteiger partial charge < -0.3 is 19.1 Å². The third-order valence-electron chi connectivity index (χ3n) is 6.50. The molecule has 0 spiro atoms. The van der Waals surface area contributed by atoms with Gasteiger partial charge in [0.1, 0.15) is 0 Å². The molecule has 2 fully saturated rings. The van der Waals surface area contributed by atoms with Crippen molar-refractivity contribution in [2.24, 2.45) is 0 Å². The van der Waals surface area contributed by atoms with Crippen LogP contribution in [0.25, 0.3) is 0 Å². The molecule has 0 aromatic carbocycles. The molecule has 0 N–H and O–H groups in total. The molecule has 2 aliphatic heterocycles. The summed E-state index contributed by atoms with van der Waals surface area (Å²) in [5.41, 5.74) is 0.0358. The van der Waals surface area contributed by atoms with Crippen molar-refractivity contribution in [1.82, 2.24) is 14.9 Å². The van der Waals surface area contributed by atoms with Crippen LogP contribution in [-0.2, 0) is 14.1 Å². The molecule has 29 heavy (non-hydrogen) atoms. The molecule has 0 saturated carbocycles. The molecule has 1 aromatic heterocycles. The molecule has 3 rings (SSSR count). The maximum absolute atomic E-state index is 12.0. The Labute approximate surface area is 175 Å². The Hall–Kier alpha value is -1.67. The molecule has 160 valence electrons. The SMILES string of the molecule is CC(=O)N1CCCCC1CN(c1ncc(B2OC(C)(C)C(C)(C)O2)cn1)C(C)C. The number of hydrogen-bond donors (Lipinski definition) is 0. The van der Waals surface area contributed by atoms with Crippen LogP contribution < -0.4 is 10.4 Å². The van der Waals surface area contributed by atoms with E-state index in [1.54, 1.807) is 19.3 Å². The number of carbonyl (C=O) groups excluding carboxylic acids is 1. The Morgan fingerprint density at radius 3 is 2.31 bits per heavy atom. The number of carbonyl (C=O) groups is 1. The minimum Gasteiger partial charge on any atom is -0.399 e. The Morgan fingerprint density at radius 1 is 1.21 bits per heavy atom. The number of likely N-dealkylation sites (tertiary alicyclic amines) is 1. The quantitative estimate of drug-likeness (QED) is 0.705. The van der Waals surface area contributed by atoms with E-state index in [0.29, 0.717) is 5.95 Å². The van der Waals surface area contributed by atoms with Gasteiger partial charge in [0.05, 0.1) is 11.2 Å². The Bertz CT molecular complexity index is 707. The zero-order chi connectivity index (χ0) is 21.4. The smallest absolute Gasteiger partial charge is 0.399 e. The summed E-state index contributed by atoms with van der Waals surface area (Å²) in [4.78, 5) is 25.5. The first-order valence-corrected chi connectivity index (χ1v) is 10.7. The molecule has 3 heterocycles. The van der Waals surface area contributed by atoms with E-state index in [9.17, 15) is 4.79 Å². The van der Waals surface area contributed by atoms with Gasteiger partial charge in [-0.2, -0.15) is 0 Å². The molecule has 1 unspecified atom stereocenters.